The second-order valence-corrected chi connectivity index (χ2v) is 10.4. The molecule has 0 aliphatic carbocycles. The quantitative estimate of drug-likeness (QED) is 0.274. The Labute approximate surface area is 213 Å². The lowest BCUT2D eigenvalue weighted by Gasteiger charge is -2.19. The Hall–Kier alpha value is -3.48. The van der Waals surface area contributed by atoms with E-state index in [2.05, 4.69) is 42.2 Å². The lowest BCUT2D eigenvalue weighted by Crippen LogP contribution is -2.29. The second-order valence-electron chi connectivity index (χ2n) is 8.42. The highest BCUT2D eigenvalue weighted by molar-refractivity contribution is 8.20. The van der Waals surface area contributed by atoms with Gasteiger partial charge < -0.3 is 4.90 Å². The molecule has 0 unspecified atom stereocenters. The molecule has 1 amide bonds. The summed E-state index contributed by atoms with van der Waals surface area (Å²) >= 11 is 3.12. The molecule has 0 spiro atoms. The number of amides is 1. The van der Waals surface area contributed by atoms with Gasteiger partial charge in [0, 0.05) is 16.8 Å². The van der Waals surface area contributed by atoms with Gasteiger partial charge in [0.15, 0.2) is 5.17 Å². The van der Waals surface area contributed by atoms with E-state index < -0.39 is 0 Å². The fourth-order valence-corrected chi connectivity index (χ4v) is 6.89. The number of hydrogen-bond donors (Lipinski definition) is 0. The van der Waals surface area contributed by atoms with Crippen LogP contribution in [0.5, 0.6) is 0 Å². The SMILES string of the molecule is CCN1C(=C2SC(=Nc3cccc4ccccc34)N(c3cccc(C)c3)C2=O)Sc2ccccc21. The number of hydrogen-bond acceptors (Lipinski definition) is 5. The van der Waals surface area contributed by atoms with E-state index in [9.17, 15) is 4.79 Å². The van der Waals surface area contributed by atoms with Crippen molar-refractivity contribution < 1.29 is 4.79 Å². The van der Waals surface area contributed by atoms with Crippen LogP contribution in [0.3, 0.4) is 0 Å². The second kappa shape index (κ2) is 8.95. The maximum absolute atomic E-state index is 14.0. The van der Waals surface area contributed by atoms with Crippen LogP contribution >= 0.6 is 23.5 Å². The van der Waals surface area contributed by atoms with Gasteiger partial charge >= 0.3 is 0 Å². The maximum atomic E-state index is 14.0. The van der Waals surface area contributed by atoms with Gasteiger partial charge in [0.05, 0.1) is 17.1 Å². The predicted octanol–water partition coefficient (Wildman–Crippen LogP) is 7.72. The molecule has 1 saturated heterocycles. The first-order chi connectivity index (χ1) is 17.1. The summed E-state index contributed by atoms with van der Waals surface area (Å²) in [6.45, 7) is 4.95. The van der Waals surface area contributed by atoms with Crippen molar-refractivity contribution in [2.75, 3.05) is 16.3 Å². The zero-order valence-corrected chi connectivity index (χ0v) is 21.1. The Bertz CT molecular complexity index is 1540. The molecular weight excluding hydrogens is 470 g/mol. The van der Waals surface area contributed by atoms with E-state index >= 15 is 0 Å². The highest BCUT2D eigenvalue weighted by Gasteiger charge is 2.40. The van der Waals surface area contributed by atoms with Gasteiger partial charge in [-0.1, -0.05) is 72.4 Å². The van der Waals surface area contributed by atoms with Crippen molar-refractivity contribution in [2.24, 2.45) is 4.99 Å². The van der Waals surface area contributed by atoms with Gasteiger partial charge in [-0.3, -0.25) is 9.69 Å². The minimum Gasteiger partial charge on any atom is -0.334 e. The van der Waals surface area contributed by atoms with Gasteiger partial charge in [-0.05, 0) is 66.9 Å². The number of anilines is 2. The molecule has 1 fully saturated rings. The van der Waals surface area contributed by atoms with E-state index in [1.165, 1.54) is 16.7 Å². The molecule has 172 valence electrons. The lowest BCUT2D eigenvalue weighted by atomic mass is 10.1. The number of aryl methyl sites for hydroxylation is 1. The fraction of sp³-hybridized carbons (Fsp3) is 0.103. The molecule has 2 heterocycles. The van der Waals surface area contributed by atoms with Crippen molar-refractivity contribution in [3.63, 3.8) is 0 Å². The van der Waals surface area contributed by atoms with Crippen molar-refractivity contribution in [2.45, 2.75) is 18.7 Å². The molecule has 2 aliphatic rings. The molecule has 0 radical (unpaired) electrons. The van der Waals surface area contributed by atoms with Crippen LogP contribution < -0.4 is 9.80 Å². The molecule has 0 atom stereocenters. The zero-order chi connectivity index (χ0) is 23.9. The molecule has 0 saturated carbocycles. The maximum Gasteiger partial charge on any atom is 0.274 e. The molecule has 6 heteroatoms. The largest absolute Gasteiger partial charge is 0.334 e. The summed E-state index contributed by atoms with van der Waals surface area (Å²) in [5, 5.41) is 3.85. The number of thioether (sulfide) groups is 2. The number of rotatable bonds is 3. The average molecular weight is 494 g/mol. The fourth-order valence-electron chi connectivity index (χ4n) is 4.50. The van der Waals surface area contributed by atoms with Crippen LogP contribution in [0.2, 0.25) is 0 Å². The molecule has 0 aromatic heterocycles. The van der Waals surface area contributed by atoms with Crippen LogP contribution in [0.15, 0.2) is 111 Å². The van der Waals surface area contributed by atoms with E-state index in [1.807, 2.05) is 67.6 Å². The minimum atomic E-state index is -0.0339. The Morgan fingerprint density at radius 3 is 2.49 bits per heavy atom. The van der Waals surface area contributed by atoms with Crippen molar-refractivity contribution >= 4 is 62.4 Å². The smallest absolute Gasteiger partial charge is 0.274 e. The molecule has 4 aromatic rings. The van der Waals surface area contributed by atoms with Gasteiger partial charge in [-0.25, -0.2) is 4.99 Å². The lowest BCUT2D eigenvalue weighted by molar-refractivity contribution is -0.113. The van der Waals surface area contributed by atoms with E-state index in [-0.39, 0.29) is 5.91 Å². The normalized spacial score (nSPS) is 18.7. The van der Waals surface area contributed by atoms with Crippen molar-refractivity contribution in [3.05, 3.63) is 106 Å². The van der Waals surface area contributed by atoms with Gasteiger partial charge in [0.25, 0.3) is 5.91 Å². The molecule has 6 rings (SSSR count). The number of carbonyl (C=O) groups excluding carboxylic acids is 1. The molecule has 0 N–H and O–H groups in total. The van der Waals surface area contributed by atoms with Crippen LogP contribution in [0.4, 0.5) is 17.1 Å². The van der Waals surface area contributed by atoms with Gasteiger partial charge in [-0.2, -0.15) is 0 Å². The topological polar surface area (TPSA) is 35.9 Å². The molecule has 4 aromatic carbocycles. The summed E-state index contributed by atoms with van der Waals surface area (Å²) in [6.07, 6.45) is 0. The first-order valence-corrected chi connectivity index (χ1v) is 13.2. The summed E-state index contributed by atoms with van der Waals surface area (Å²) < 4.78 is 0. The molecule has 4 nitrogen and oxygen atoms in total. The number of carbonyl (C=O) groups is 1. The van der Waals surface area contributed by atoms with E-state index in [0.29, 0.717) is 10.1 Å². The summed E-state index contributed by atoms with van der Waals surface area (Å²) in [5.74, 6) is -0.0339. The summed E-state index contributed by atoms with van der Waals surface area (Å²) in [5.41, 5.74) is 3.94. The molecule has 2 aliphatic heterocycles. The van der Waals surface area contributed by atoms with Crippen LogP contribution in [0.1, 0.15) is 12.5 Å². The average Bonchev–Trinajstić information content (AvgIpc) is 3.41. The van der Waals surface area contributed by atoms with Gasteiger partial charge in [0.2, 0.25) is 0 Å². The third-order valence-corrected chi connectivity index (χ3v) is 8.48. The Balaban J connectivity index is 1.52. The molecule has 35 heavy (non-hydrogen) atoms. The molecule has 0 bridgehead atoms. The number of benzene rings is 4. The first kappa shape index (κ1) is 22.0. The Kier molecular flexibility index (Phi) is 5.63. The Morgan fingerprint density at radius 1 is 0.857 bits per heavy atom. The monoisotopic (exact) mass is 493 g/mol. The zero-order valence-electron chi connectivity index (χ0n) is 19.4. The summed E-state index contributed by atoms with van der Waals surface area (Å²) in [4.78, 5) is 25.0. The third kappa shape index (κ3) is 3.83. The van der Waals surface area contributed by atoms with Crippen molar-refractivity contribution in [1.29, 1.82) is 0 Å². The van der Waals surface area contributed by atoms with Crippen LogP contribution in [0.25, 0.3) is 10.8 Å². The standard InChI is InChI=1S/C29H23N3OS2/c1-3-31-24-16-6-7-17-25(24)34-28(31)26-27(33)32(21-13-8-10-19(2)18-21)29(35-26)30-23-15-9-12-20-11-4-5-14-22(20)23/h4-18H,3H2,1-2H3. The first-order valence-electron chi connectivity index (χ1n) is 11.6. The highest BCUT2D eigenvalue weighted by Crippen LogP contribution is 2.51. The Morgan fingerprint density at radius 2 is 1.63 bits per heavy atom. The summed E-state index contributed by atoms with van der Waals surface area (Å²) in [6, 6.07) is 30.7. The highest BCUT2D eigenvalue weighted by atomic mass is 32.2. The number of para-hydroxylation sites is 1. The number of fused-ring (bicyclic) bond motifs is 2. The van der Waals surface area contributed by atoms with E-state index in [0.717, 1.165) is 45.0 Å². The van der Waals surface area contributed by atoms with Crippen molar-refractivity contribution in [3.8, 4) is 0 Å². The predicted molar refractivity (Wildman–Crippen MR) is 150 cm³/mol. The molecular formula is C29H23N3OS2. The minimum absolute atomic E-state index is 0.0339. The van der Waals surface area contributed by atoms with Crippen molar-refractivity contribution in [1.82, 2.24) is 0 Å². The van der Waals surface area contributed by atoms with E-state index in [1.54, 1.807) is 16.7 Å². The van der Waals surface area contributed by atoms with Gasteiger partial charge in [0.1, 0.15) is 9.93 Å². The van der Waals surface area contributed by atoms with Crippen LogP contribution in [-0.2, 0) is 4.79 Å². The van der Waals surface area contributed by atoms with Crippen LogP contribution in [-0.4, -0.2) is 17.6 Å². The summed E-state index contributed by atoms with van der Waals surface area (Å²) in [7, 11) is 0. The number of aliphatic imine (C=N–C) groups is 1. The van der Waals surface area contributed by atoms with E-state index in [4.69, 9.17) is 4.99 Å². The number of amidine groups is 1. The number of nitrogens with zero attached hydrogens (tertiary/aromatic N) is 3. The van der Waals surface area contributed by atoms with Gasteiger partial charge in [-0.15, -0.1) is 0 Å². The van der Waals surface area contributed by atoms with Crippen LogP contribution in [0, 0.1) is 6.92 Å². The third-order valence-electron chi connectivity index (χ3n) is 6.14.